The molecular weight excluding hydrogens is 340 g/mol. The monoisotopic (exact) mass is 354 g/mol. The lowest BCUT2D eigenvalue weighted by atomic mass is 10.0. The van der Waals surface area contributed by atoms with Gasteiger partial charge in [-0.25, -0.2) is 4.98 Å². The molecule has 1 aliphatic rings. The molecule has 0 atom stereocenters. The molecule has 4 rings (SSSR count). The first kappa shape index (κ1) is 15.7. The Balaban J connectivity index is 1.62. The number of rotatable bonds is 3. The third-order valence-electron chi connectivity index (χ3n) is 4.02. The minimum atomic E-state index is -0.221. The second-order valence-corrected chi connectivity index (χ2v) is 6.21. The zero-order valence-electron chi connectivity index (χ0n) is 13.5. The van der Waals surface area contributed by atoms with E-state index < -0.39 is 0 Å². The van der Waals surface area contributed by atoms with Gasteiger partial charge >= 0.3 is 0 Å². The summed E-state index contributed by atoms with van der Waals surface area (Å²) in [5, 5.41) is 7.38. The molecule has 0 saturated carbocycles. The number of aromatic nitrogens is 3. The van der Waals surface area contributed by atoms with Crippen LogP contribution in [0.3, 0.4) is 0 Å². The van der Waals surface area contributed by atoms with Crippen molar-refractivity contribution in [2.24, 2.45) is 0 Å². The lowest BCUT2D eigenvalue weighted by Crippen LogP contribution is -2.21. The molecule has 0 fully saturated rings. The maximum absolute atomic E-state index is 12.4. The molecule has 126 valence electrons. The van der Waals surface area contributed by atoms with Crippen LogP contribution in [0.25, 0.3) is 11.3 Å². The van der Waals surface area contributed by atoms with Crippen LogP contribution in [0.1, 0.15) is 11.1 Å². The summed E-state index contributed by atoms with van der Waals surface area (Å²) in [7, 11) is 0. The summed E-state index contributed by atoms with van der Waals surface area (Å²) in [5.41, 5.74) is 4.43. The Hall–Kier alpha value is -2.86. The SMILES string of the molecule is Cc1ccc2c(c1)-c1c(cnn1CC(=O)Nc1cccnc1Cl)CO2. The first-order valence-corrected chi connectivity index (χ1v) is 8.18. The average Bonchev–Trinajstić information content (AvgIpc) is 3.00. The Morgan fingerprint density at radius 2 is 2.28 bits per heavy atom. The highest BCUT2D eigenvalue weighted by Crippen LogP contribution is 2.37. The van der Waals surface area contributed by atoms with E-state index in [1.165, 1.54) is 0 Å². The van der Waals surface area contributed by atoms with Gasteiger partial charge in [-0.2, -0.15) is 5.10 Å². The molecule has 3 heterocycles. The highest BCUT2D eigenvalue weighted by atomic mass is 35.5. The number of aryl methyl sites for hydroxylation is 1. The number of ether oxygens (including phenoxy) is 1. The summed E-state index contributed by atoms with van der Waals surface area (Å²) in [5.74, 6) is 0.581. The normalized spacial score (nSPS) is 12.1. The lowest BCUT2D eigenvalue weighted by molar-refractivity contribution is -0.116. The largest absolute Gasteiger partial charge is 0.488 e. The summed E-state index contributed by atoms with van der Waals surface area (Å²) in [6.07, 6.45) is 3.31. The number of amides is 1. The predicted octanol–water partition coefficient (Wildman–Crippen LogP) is 3.44. The molecule has 0 saturated heterocycles. The van der Waals surface area contributed by atoms with Gasteiger partial charge in [0.1, 0.15) is 18.9 Å². The summed E-state index contributed by atoms with van der Waals surface area (Å²) in [4.78, 5) is 16.4. The Morgan fingerprint density at radius 1 is 1.40 bits per heavy atom. The number of pyridine rings is 1. The van der Waals surface area contributed by atoms with E-state index in [9.17, 15) is 4.79 Å². The number of anilines is 1. The van der Waals surface area contributed by atoms with Crippen molar-refractivity contribution in [3.8, 4) is 17.0 Å². The number of fused-ring (bicyclic) bond motifs is 3. The van der Waals surface area contributed by atoms with Gasteiger partial charge in [-0.1, -0.05) is 23.2 Å². The van der Waals surface area contributed by atoms with E-state index in [1.807, 2.05) is 25.1 Å². The number of nitrogens with one attached hydrogen (secondary N) is 1. The Morgan fingerprint density at radius 3 is 3.12 bits per heavy atom. The molecule has 0 spiro atoms. The zero-order chi connectivity index (χ0) is 17.4. The van der Waals surface area contributed by atoms with Crippen LogP contribution < -0.4 is 10.1 Å². The van der Waals surface area contributed by atoms with Gasteiger partial charge in [-0.05, 0) is 31.2 Å². The fraction of sp³-hybridized carbons (Fsp3) is 0.167. The van der Waals surface area contributed by atoms with Crippen molar-refractivity contribution < 1.29 is 9.53 Å². The first-order chi connectivity index (χ1) is 12.1. The molecule has 7 heteroatoms. The van der Waals surface area contributed by atoms with E-state index in [0.717, 1.165) is 28.1 Å². The second kappa shape index (κ2) is 6.22. The van der Waals surface area contributed by atoms with Crippen LogP contribution in [0, 0.1) is 6.92 Å². The molecule has 25 heavy (non-hydrogen) atoms. The minimum Gasteiger partial charge on any atom is -0.488 e. The molecule has 6 nitrogen and oxygen atoms in total. The van der Waals surface area contributed by atoms with Crippen molar-refractivity contribution in [1.29, 1.82) is 0 Å². The van der Waals surface area contributed by atoms with Gasteiger partial charge in [-0.3, -0.25) is 9.48 Å². The summed E-state index contributed by atoms with van der Waals surface area (Å²) in [6.45, 7) is 2.54. The van der Waals surface area contributed by atoms with Crippen molar-refractivity contribution in [2.45, 2.75) is 20.1 Å². The maximum atomic E-state index is 12.4. The summed E-state index contributed by atoms with van der Waals surface area (Å²) >= 11 is 5.99. The number of nitrogens with zero attached hydrogens (tertiary/aromatic N) is 3. The van der Waals surface area contributed by atoms with E-state index >= 15 is 0 Å². The fourth-order valence-corrected chi connectivity index (χ4v) is 3.04. The molecule has 0 radical (unpaired) electrons. The van der Waals surface area contributed by atoms with Crippen LogP contribution in [-0.2, 0) is 17.9 Å². The Bertz CT molecular complexity index is 967. The molecule has 3 aromatic rings. The average molecular weight is 355 g/mol. The topological polar surface area (TPSA) is 69.0 Å². The van der Waals surface area contributed by atoms with Crippen molar-refractivity contribution in [2.75, 3.05) is 5.32 Å². The van der Waals surface area contributed by atoms with Gasteiger partial charge in [0.2, 0.25) is 5.91 Å². The lowest BCUT2D eigenvalue weighted by Gasteiger charge is -2.19. The second-order valence-electron chi connectivity index (χ2n) is 5.85. The number of carbonyl (C=O) groups excluding carboxylic acids is 1. The third kappa shape index (κ3) is 2.96. The molecule has 1 aliphatic heterocycles. The smallest absolute Gasteiger partial charge is 0.246 e. The van der Waals surface area contributed by atoms with Gasteiger partial charge < -0.3 is 10.1 Å². The van der Waals surface area contributed by atoms with E-state index in [1.54, 1.807) is 29.2 Å². The molecule has 0 bridgehead atoms. The van der Waals surface area contributed by atoms with Gasteiger partial charge in [-0.15, -0.1) is 0 Å². The predicted molar refractivity (Wildman–Crippen MR) is 94.6 cm³/mol. The number of hydrogen-bond acceptors (Lipinski definition) is 4. The summed E-state index contributed by atoms with van der Waals surface area (Å²) in [6, 6.07) is 9.41. The number of benzene rings is 1. The zero-order valence-corrected chi connectivity index (χ0v) is 14.2. The highest BCUT2D eigenvalue weighted by Gasteiger charge is 2.23. The first-order valence-electron chi connectivity index (χ1n) is 7.80. The molecule has 1 N–H and O–H groups in total. The van der Waals surface area contributed by atoms with Crippen molar-refractivity contribution >= 4 is 23.2 Å². The molecular formula is C18H15ClN4O2. The number of halogens is 1. The van der Waals surface area contributed by atoms with Crippen LogP contribution in [0.4, 0.5) is 5.69 Å². The molecule has 2 aromatic heterocycles. The summed E-state index contributed by atoms with van der Waals surface area (Å²) < 4.78 is 7.45. The standard InChI is InChI=1S/C18H15ClN4O2/c1-11-4-5-15-13(7-11)17-12(10-25-15)8-21-23(17)9-16(24)22-14-3-2-6-20-18(14)19/h2-8H,9-10H2,1H3,(H,22,24). The van der Waals surface area contributed by atoms with Gasteiger partial charge in [0, 0.05) is 17.3 Å². The molecule has 0 aliphatic carbocycles. The molecule has 0 unspecified atom stereocenters. The minimum absolute atomic E-state index is 0.0773. The number of hydrogen-bond donors (Lipinski definition) is 1. The Labute approximate surface area is 149 Å². The molecule has 1 aromatic carbocycles. The van der Waals surface area contributed by atoms with E-state index in [4.69, 9.17) is 16.3 Å². The fourth-order valence-electron chi connectivity index (χ4n) is 2.88. The van der Waals surface area contributed by atoms with Crippen molar-refractivity contribution in [3.63, 3.8) is 0 Å². The van der Waals surface area contributed by atoms with E-state index in [-0.39, 0.29) is 17.6 Å². The van der Waals surface area contributed by atoms with E-state index in [0.29, 0.717) is 12.3 Å². The Kier molecular flexibility index (Phi) is 3.89. The van der Waals surface area contributed by atoms with Crippen LogP contribution in [0.5, 0.6) is 5.75 Å². The van der Waals surface area contributed by atoms with Gasteiger partial charge in [0.05, 0.1) is 17.6 Å². The molecule has 1 amide bonds. The van der Waals surface area contributed by atoms with Crippen LogP contribution in [0.15, 0.2) is 42.7 Å². The van der Waals surface area contributed by atoms with Crippen LogP contribution >= 0.6 is 11.6 Å². The van der Waals surface area contributed by atoms with Crippen LogP contribution in [-0.4, -0.2) is 20.7 Å². The van der Waals surface area contributed by atoms with E-state index in [2.05, 4.69) is 15.4 Å². The van der Waals surface area contributed by atoms with Crippen molar-refractivity contribution in [1.82, 2.24) is 14.8 Å². The van der Waals surface area contributed by atoms with Crippen LogP contribution in [0.2, 0.25) is 5.15 Å². The van der Waals surface area contributed by atoms with Gasteiger partial charge in [0.25, 0.3) is 0 Å². The third-order valence-corrected chi connectivity index (χ3v) is 4.32. The highest BCUT2D eigenvalue weighted by molar-refractivity contribution is 6.32. The number of carbonyl (C=O) groups is 1. The maximum Gasteiger partial charge on any atom is 0.246 e. The van der Waals surface area contributed by atoms with Crippen molar-refractivity contribution in [3.05, 3.63) is 59.0 Å². The van der Waals surface area contributed by atoms with Gasteiger partial charge in [0.15, 0.2) is 5.15 Å². The quantitative estimate of drug-likeness (QED) is 0.731.